The van der Waals surface area contributed by atoms with Crippen molar-refractivity contribution in [1.29, 1.82) is 0 Å². The zero-order valence-electron chi connectivity index (χ0n) is 26.1. The van der Waals surface area contributed by atoms with E-state index >= 15 is 0 Å². The molecule has 1 saturated heterocycles. The lowest BCUT2D eigenvalue weighted by Gasteiger charge is -2.37. The van der Waals surface area contributed by atoms with Gasteiger partial charge in [-0.05, 0) is 47.4 Å². The zero-order valence-corrected chi connectivity index (χ0v) is 26.1. The van der Waals surface area contributed by atoms with Crippen LogP contribution >= 0.6 is 0 Å². The summed E-state index contributed by atoms with van der Waals surface area (Å²) in [5, 5.41) is 2.66. The fourth-order valence-corrected chi connectivity index (χ4v) is 5.59. The van der Waals surface area contributed by atoms with Gasteiger partial charge in [0.05, 0.1) is 33.3 Å². The summed E-state index contributed by atoms with van der Waals surface area (Å²) in [6.45, 7) is 3.77. The van der Waals surface area contributed by atoms with Crippen LogP contribution < -0.4 is 20.3 Å². The second-order valence-electron chi connectivity index (χ2n) is 11.3. The summed E-state index contributed by atoms with van der Waals surface area (Å²) in [4.78, 5) is 36.3. The minimum Gasteiger partial charge on any atom is -0.497 e. The van der Waals surface area contributed by atoms with Crippen molar-refractivity contribution in [3.05, 3.63) is 119 Å². The maximum Gasteiger partial charge on any atom is 0.280 e. The Bertz CT molecular complexity index is 1800. The van der Waals surface area contributed by atoms with E-state index in [1.165, 1.54) is 6.33 Å². The fraction of sp³-hybridized carbons (Fsp3) is 0.286. The number of rotatable bonds is 11. The smallest absolute Gasteiger partial charge is 0.280 e. The predicted octanol–water partition coefficient (Wildman–Crippen LogP) is 5.23. The molecule has 5 aromatic rings. The Morgan fingerprint density at radius 1 is 0.978 bits per heavy atom. The molecule has 0 saturated carbocycles. The van der Waals surface area contributed by atoms with Crippen LogP contribution in [0.4, 0.5) is 5.95 Å². The van der Waals surface area contributed by atoms with Gasteiger partial charge < -0.3 is 18.9 Å². The van der Waals surface area contributed by atoms with E-state index in [9.17, 15) is 9.59 Å². The molecule has 46 heavy (non-hydrogen) atoms. The highest BCUT2D eigenvalue weighted by atomic mass is 16.6. The number of carbonyl (C=O) groups is 1. The van der Waals surface area contributed by atoms with E-state index in [1.54, 1.807) is 32.6 Å². The third kappa shape index (κ3) is 5.99. The van der Waals surface area contributed by atoms with Crippen molar-refractivity contribution in [3.8, 4) is 11.5 Å². The van der Waals surface area contributed by atoms with Crippen LogP contribution in [0.25, 0.3) is 11.2 Å². The molecule has 1 radical (unpaired) electrons. The molecule has 11 heteroatoms. The van der Waals surface area contributed by atoms with E-state index < -0.39 is 17.4 Å². The SMILES string of the molecule is COc1ccc(C(OC[C@@H]2C[CH][C@H](n3cnc4c(=O)[nH]c(NC(=O)C(C)C)nc43)O2)(c2ccccc2)c2ccc(OC)cc2)cc1. The monoisotopic (exact) mass is 622 g/mol. The van der Waals surface area contributed by atoms with Crippen molar-refractivity contribution < 1.29 is 23.7 Å². The van der Waals surface area contributed by atoms with Crippen molar-refractivity contribution in [2.45, 2.75) is 38.2 Å². The van der Waals surface area contributed by atoms with Crippen molar-refractivity contribution in [1.82, 2.24) is 19.5 Å². The Hall–Kier alpha value is -5.00. The maximum absolute atomic E-state index is 12.7. The topological polar surface area (TPSA) is 130 Å². The number of aromatic nitrogens is 4. The lowest BCUT2D eigenvalue weighted by molar-refractivity contribution is -0.118. The van der Waals surface area contributed by atoms with Crippen LogP contribution in [0.2, 0.25) is 0 Å². The van der Waals surface area contributed by atoms with Gasteiger partial charge in [-0.25, -0.2) is 4.98 Å². The molecule has 1 aliphatic rings. The lowest BCUT2D eigenvalue weighted by Crippen LogP contribution is -2.35. The molecule has 1 amide bonds. The Morgan fingerprint density at radius 2 is 1.59 bits per heavy atom. The highest BCUT2D eigenvalue weighted by Gasteiger charge is 2.40. The Kier molecular flexibility index (Phi) is 8.87. The maximum atomic E-state index is 12.7. The summed E-state index contributed by atoms with van der Waals surface area (Å²) in [7, 11) is 3.28. The number of anilines is 1. The van der Waals surface area contributed by atoms with E-state index in [1.807, 2.05) is 73.2 Å². The number of carbonyl (C=O) groups excluding carboxylic acids is 1. The Balaban J connectivity index is 1.31. The van der Waals surface area contributed by atoms with E-state index in [-0.39, 0.29) is 36.0 Å². The molecular formula is C35H36N5O6. The third-order valence-electron chi connectivity index (χ3n) is 8.06. The van der Waals surface area contributed by atoms with Gasteiger partial charge in [-0.15, -0.1) is 0 Å². The van der Waals surface area contributed by atoms with Gasteiger partial charge in [0, 0.05) is 12.3 Å². The van der Waals surface area contributed by atoms with E-state index in [0.717, 1.165) is 28.2 Å². The highest BCUT2D eigenvalue weighted by molar-refractivity contribution is 5.91. The molecule has 2 N–H and O–H groups in total. The summed E-state index contributed by atoms with van der Waals surface area (Å²) in [5.41, 5.74) is 1.81. The van der Waals surface area contributed by atoms with Crippen LogP contribution in [0.15, 0.2) is 90.0 Å². The van der Waals surface area contributed by atoms with Crippen LogP contribution in [-0.2, 0) is 19.9 Å². The summed E-state index contributed by atoms with van der Waals surface area (Å²) in [6, 6.07) is 25.8. The van der Waals surface area contributed by atoms with Crippen LogP contribution in [0, 0.1) is 12.3 Å². The second-order valence-corrected chi connectivity index (χ2v) is 11.3. The van der Waals surface area contributed by atoms with Crippen LogP contribution in [0.5, 0.6) is 11.5 Å². The first-order chi connectivity index (χ1) is 22.3. The molecular weight excluding hydrogens is 586 g/mol. The number of hydrogen-bond acceptors (Lipinski definition) is 8. The number of H-pyrrole nitrogens is 1. The van der Waals surface area contributed by atoms with Gasteiger partial charge in [0.15, 0.2) is 11.2 Å². The predicted molar refractivity (Wildman–Crippen MR) is 173 cm³/mol. The Morgan fingerprint density at radius 3 is 2.17 bits per heavy atom. The van der Waals surface area contributed by atoms with Gasteiger partial charge in [-0.1, -0.05) is 68.4 Å². The molecule has 11 nitrogen and oxygen atoms in total. The van der Waals surface area contributed by atoms with Gasteiger partial charge >= 0.3 is 0 Å². The number of fused-ring (bicyclic) bond motifs is 1. The fourth-order valence-electron chi connectivity index (χ4n) is 5.59. The quantitative estimate of drug-likeness (QED) is 0.192. The number of benzene rings is 3. The molecule has 0 spiro atoms. The van der Waals surface area contributed by atoms with Crippen molar-refractivity contribution in [3.63, 3.8) is 0 Å². The molecule has 3 aromatic carbocycles. The molecule has 0 bridgehead atoms. The van der Waals surface area contributed by atoms with Crippen molar-refractivity contribution in [2.75, 3.05) is 26.1 Å². The summed E-state index contributed by atoms with van der Waals surface area (Å²) in [6.07, 6.45) is 3.24. The van der Waals surface area contributed by atoms with Crippen LogP contribution in [0.1, 0.15) is 43.2 Å². The highest BCUT2D eigenvalue weighted by Crippen LogP contribution is 2.42. The van der Waals surface area contributed by atoms with Gasteiger partial charge in [0.25, 0.3) is 5.56 Å². The first-order valence-electron chi connectivity index (χ1n) is 15.1. The molecule has 3 heterocycles. The average Bonchev–Trinajstić information content (AvgIpc) is 3.73. The molecule has 0 unspecified atom stereocenters. The van der Waals surface area contributed by atoms with Crippen LogP contribution in [-0.4, -0.2) is 52.4 Å². The third-order valence-corrected chi connectivity index (χ3v) is 8.06. The van der Waals surface area contributed by atoms with Gasteiger partial charge in [-0.2, -0.15) is 4.98 Å². The van der Waals surface area contributed by atoms with Gasteiger partial charge in [-0.3, -0.25) is 24.5 Å². The molecule has 0 aliphatic carbocycles. The number of nitrogens with one attached hydrogen (secondary N) is 2. The standard InChI is InChI=1S/C35H36N5O6/c1-22(2)32(41)38-34-37-31-30(33(42)39-34)36-21-40(31)29-19-18-28(46-29)20-45-35(23-8-6-5-7-9-23,24-10-14-26(43-3)15-11-24)25-12-16-27(44-4)17-13-25/h5-17,19,21-22,28-29H,18,20H2,1-4H3,(H2,37,38,39,41,42)/t28-,29+/m0/s1. The van der Waals surface area contributed by atoms with E-state index in [4.69, 9.17) is 18.9 Å². The minimum absolute atomic E-state index is 0.0578. The van der Waals surface area contributed by atoms with Crippen LogP contribution in [0.3, 0.4) is 0 Å². The minimum atomic E-state index is -0.985. The average molecular weight is 623 g/mol. The molecule has 2 atom stereocenters. The molecule has 2 aromatic heterocycles. The molecule has 1 fully saturated rings. The molecule has 6 rings (SSSR count). The summed E-state index contributed by atoms with van der Waals surface area (Å²) >= 11 is 0. The normalized spacial score (nSPS) is 16.5. The summed E-state index contributed by atoms with van der Waals surface area (Å²) in [5.74, 6) is 0.998. The lowest BCUT2D eigenvalue weighted by atomic mass is 9.80. The number of aromatic amines is 1. The van der Waals surface area contributed by atoms with Crippen molar-refractivity contribution >= 4 is 23.0 Å². The summed E-state index contributed by atoms with van der Waals surface area (Å²) < 4.78 is 26.0. The molecule has 1 aliphatic heterocycles. The number of methoxy groups -OCH3 is 2. The number of imidazole rings is 1. The first kappa shape index (κ1) is 31.0. The largest absolute Gasteiger partial charge is 0.497 e. The zero-order chi connectivity index (χ0) is 32.3. The number of amides is 1. The van der Waals surface area contributed by atoms with Gasteiger partial charge in [0.1, 0.15) is 23.3 Å². The van der Waals surface area contributed by atoms with E-state index in [2.05, 4.69) is 32.4 Å². The second kappa shape index (κ2) is 13.2. The van der Waals surface area contributed by atoms with Gasteiger partial charge in [0.2, 0.25) is 11.9 Å². The van der Waals surface area contributed by atoms with Crippen molar-refractivity contribution in [2.24, 2.45) is 5.92 Å². The number of ether oxygens (including phenoxy) is 4. The first-order valence-corrected chi connectivity index (χ1v) is 15.1. The number of hydrogen-bond donors (Lipinski definition) is 2. The van der Waals surface area contributed by atoms with E-state index in [0.29, 0.717) is 12.1 Å². The number of nitrogens with zero attached hydrogens (tertiary/aromatic N) is 3. The molecule has 237 valence electrons. The Labute approximate surface area is 266 Å².